The second-order valence-corrected chi connectivity index (χ2v) is 4.49. The molecule has 0 radical (unpaired) electrons. The molecule has 0 aliphatic rings. The largest absolute Gasteiger partial charge is 0.463 e. The first-order valence-electron chi connectivity index (χ1n) is 6.43. The second kappa shape index (κ2) is 5.62. The molecule has 3 rings (SSSR count). The van der Waals surface area contributed by atoms with Gasteiger partial charge in [-0.15, -0.1) is 0 Å². The third kappa shape index (κ3) is 2.84. The van der Waals surface area contributed by atoms with E-state index in [0.29, 0.717) is 23.8 Å². The highest BCUT2D eigenvalue weighted by Gasteiger charge is 2.13. The van der Waals surface area contributed by atoms with Crippen molar-refractivity contribution in [1.82, 2.24) is 15.5 Å². The molecule has 0 atom stereocenters. The van der Waals surface area contributed by atoms with Crippen LogP contribution < -0.4 is 5.32 Å². The lowest BCUT2D eigenvalue weighted by atomic mass is 10.1. The summed E-state index contributed by atoms with van der Waals surface area (Å²) in [6.45, 7) is 2.06. The first kappa shape index (κ1) is 13.1. The van der Waals surface area contributed by atoms with Crippen molar-refractivity contribution in [2.24, 2.45) is 0 Å². The third-order valence-corrected chi connectivity index (χ3v) is 2.95. The number of pyridine rings is 1. The predicted octanol–water partition coefficient (Wildman–Crippen LogP) is 2.57. The Labute approximate surface area is 120 Å². The van der Waals surface area contributed by atoms with Crippen LogP contribution in [-0.2, 0) is 6.54 Å². The van der Waals surface area contributed by atoms with Gasteiger partial charge in [0.1, 0.15) is 11.5 Å². The van der Waals surface area contributed by atoms with Gasteiger partial charge in [-0.05, 0) is 25.1 Å². The fourth-order valence-electron chi connectivity index (χ4n) is 1.96. The molecule has 0 unspecified atom stereocenters. The van der Waals surface area contributed by atoms with Crippen LogP contribution in [0.1, 0.15) is 21.8 Å². The lowest BCUT2D eigenvalue weighted by Crippen LogP contribution is -2.23. The lowest BCUT2D eigenvalue weighted by Gasteiger charge is -2.07. The number of amides is 1. The number of furan rings is 1. The molecule has 0 aliphatic carbocycles. The van der Waals surface area contributed by atoms with Crippen molar-refractivity contribution in [1.29, 1.82) is 0 Å². The predicted molar refractivity (Wildman–Crippen MR) is 74.3 cm³/mol. The number of hydrogen-bond donors (Lipinski definition) is 1. The summed E-state index contributed by atoms with van der Waals surface area (Å²) in [4.78, 5) is 16.2. The zero-order valence-electron chi connectivity index (χ0n) is 11.4. The Morgan fingerprint density at radius 1 is 1.33 bits per heavy atom. The van der Waals surface area contributed by atoms with Crippen LogP contribution in [0.25, 0.3) is 11.5 Å². The summed E-state index contributed by atoms with van der Waals surface area (Å²) in [5, 5.41) is 6.47. The number of hydrogen-bond acceptors (Lipinski definition) is 5. The summed E-state index contributed by atoms with van der Waals surface area (Å²) in [5.41, 5.74) is 1.83. The van der Waals surface area contributed by atoms with Crippen molar-refractivity contribution in [2.75, 3.05) is 0 Å². The van der Waals surface area contributed by atoms with Gasteiger partial charge in [-0.25, -0.2) is 0 Å². The summed E-state index contributed by atoms with van der Waals surface area (Å²) in [6, 6.07) is 8.92. The van der Waals surface area contributed by atoms with E-state index in [0.717, 1.165) is 5.56 Å². The fraction of sp³-hybridized carbons (Fsp3) is 0.133. The van der Waals surface area contributed by atoms with E-state index in [1.165, 1.54) is 0 Å². The van der Waals surface area contributed by atoms with Crippen LogP contribution in [0.2, 0.25) is 0 Å². The molecule has 0 aliphatic heterocycles. The number of nitrogens with one attached hydrogen (secondary N) is 1. The van der Waals surface area contributed by atoms with Gasteiger partial charge in [0, 0.05) is 24.4 Å². The SMILES string of the molecule is Cc1cc(C(=O)NCc2cccnc2-c2ccco2)no1. The van der Waals surface area contributed by atoms with E-state index in [4.69, 9.17) is 8.94 Å². The van der Waals surface area contributed by atoms with Crippen LogP contribution in [0.3, 0.4) is 0 Å². The van der Waals surface area contributed by atoms with Crippen molar-refractivity contribution in [3.63, 3.8) is 0 Å². The average molecular weight is 283 g/mol. The minimum atomic E-state index is -0.291. The highest BCUT2D eigenvalue weighted by atomic mass is 16.5. The number of carbonyl (C=O) groups is 1. The van der Waals surface area contributed by atoms with Crippen LogP contribution in [0.15, 0.2) is 51.7 Å². The van der Waals surface area contributed by atoms with Gasteiger partial charge in [-0.2, -0.15) is 0 Å². The van der Waals surface area contributed by atoms with E-state index in [9.17, 15) is 4.79 Å². The molecule has 1 N–H and O–H groups in total. The monoisotopic (exact) mass is 283 g/mol. The van der Waals surface area contributed by atoms with E-state index in [1.807, 2.05) is 18.2 Å². The average Bonchev–Trinajstić information content (AvgIpc) is 3.16. The van der Waals surface area contributed by atoms with E-state index < -0.39 is 0 Å². The van der Waals surface area contributed by atoms with Crippen molar-refractivity contribution in [3.8, 4) is 11.5 Å². The van der Waals surface area contributed by atoms with Gasteiger partial charge in [0.05, 0.1) is 6.26 Å². The molecule has 0 saturated carbocycles. The van der Waals surface area contributed by atoms with Gasteiger partial charge in [0.2, 0.25) is 0 Å². The quantitative estimate of drug-likeness (QED) is 0.795. The van der Waals surface area contributed by atoms with Gasteiger partial charge in [-0.3, -0.25) is 9.78 Å². The van der Waals surface area contributed by atoms with Crippen molar-refractivity contribution in [3.05, 3.63) is 59.8 Å². The molecule has 0 bridgehead atoms. The maximum atomic E-state index is 12.0. The Bertz CT molecular complexity index is 747. The van der Waals surface area contributed by atoms with Crippen molar-refractivity contribution < 1.29 is 13.7 Å². The molecule has 0 aromatic carbocycles. The molecule has 6 nitrogen and oxygen atoms in total. The summed E-state index contributed by atoms with van der Waals surface area (Å²) < 4.78 is 10.2. The summed E-state index contributed by atoms with van der Waals surface area (Å²) in [6.07, 6.45) is 3.27. The molecule has 6 heteroatoms. The standard InChI is InChI=1S/C15H13N3O3/c1-10-8-12(18-21-10)15(19)17-9-11-4-2-6-16-14(11)13-5-3-7-20-13/h2-8H,9H2,1H3,(H,17,19). The van der Waals surface area contributed by atoms with Gasteiger partial charge in [-0.1, -0.05) is 11.2 Å². The van der Waals surface area contributed by atoms with Crippen molar-refractivity contribution >= 4 is 5.91 Å². The molecule has 3 heterocycles. The Kier molecular flexibility index (Phi) is 3.51. The molecular formula is C15H13N3O3. The number of rotatable bonds is 4. The molecular weight excluding hydrogens is 270 g/mol. The van der Waals surface area contributed by atoms with Crippen LogP contribution in [0.4, 0.5) is 0 Å². The van der Waals surface area contributed by atoms with E-state index in [2.05, 4.69) is 15.5 Å². The lowest BCUT2D eigenvalue weighted by molar-refractivity contribution is 0.0942. The van der Waals surface area contributed by atoms with E-state index in [-0.39, 0.29) is 11.6 Å². The fourth-order valence-corrected chi connectivity index (χ4v) is 1.96. The molecule has 21 heavy (non-hydrogen) atoms. The zero-order chi connectivity index (χ0) is 14.7. The maximum absolute atomic E-state index is 12.0. The summed E-state index contributed by atoms with van der Waals surface area (Å²) in [5.74, 6) is 0.969. The first-order valence-corrected chi connectivity index (χ1v) is 6.43. The Hall–Kier alpha value is -2.89. The topological polar surface area (TPSA) is 81.2 Å². The molecule has 0 spiro atoms. The smallest absolute Gasteiger partial charge is 0.273 e. The number of aryl methyl sites for hydroxylation is 1. The highest BCUT2D eigenvalue weighted by Crippen LogP contribution is 2.21. The van der Waals surface area contributed by atoms with Crippen LogP contribution >= 0.6 is 0 Å². The number of nitrogens with zero attached hydrogens (tertiary/aromatic N) is 2. The Balaban J connectivity index is 1.75. The van der Waals surface area contributed by atoms with Crippen LogP contribution in [0, 0.1) is 6.92 Å². The van der Waals surface area contributed by atoms with Crippen LogP contribution in [0.5, 0.6) is 0 Å². The summed E-state index contributed by atoms with van der Waals surface area (Å²) >= 11 is 0. The van der Waals surface area contributed by atoms with Crippen LogP contribution in [-0.4, -0.2) is 16.0 Å². The van der Waals surface area contributed by atoms with Gasteiger partial charge >= 0.3 is 0 Å². The zero-order valence-corrected chi connectivity index (χ0v) is 11.4. The molecule has 0 fully saturated rings. The highest BCUT2D eigenvalue weighted by molar-refractivity contribution is 5.92. The minimum Gasteiger partial charge on any atom is -0.463 e. The summed E-state index contributed by atoms with van der Waals surface area (Å²) in [7, 11) is 0. The molecule has 1 amide bonds. The first-order chi connectivity index (χ1) is 10.2. The third-order valence-electron chi connectivity index (χ3n) is 2.95. The van der Waals surface area contributed by atoms with Gasteiger partial charge < -0.3 is 14.3 Å². The second-order valence-electron chi connectivity index (χ2n) is 4.49. The Morgan fingerprint density at radius 2 is 2.24 bits per heavy atom. The number of carbonyl (C=O) groups excluding carboxylic acids is 1. The molecule has 3 aromatic heterocycles. The van der Waals surface area contributed by atoms with E-state index >= 15 is 0 Å². The molecule has 3 aromatic rings. The van der Waals surface area contributed by atoms with E-state index in [1.54, 1.807) is 31.5 Å². The Morgan fingerprint density at radius 3 is 2.95 bits per heavy atom. The van der Waals surface area contributed by atoms with Gasteiger partial charge in [0.15, 0.2) is 11.5 Å². The minimum absolute atomic E-state index is 0.260. The molecule has 106 valence electrons. The van der Waals surface area contributed by atoms with Gasteiger partial charge in [0.25, 0.3) is 5.91 Å². The normalized spacial score (nSPS) is 10.5. The van der Waals surface area contributed by atoms with Crippen molar-refractivity contribution in [2.45, 2.75) is 13.5 Å². The molecule has 0 saturated heterocycles. The maximum Gasteiger partial charge on any atom is 0.273 e. The number of aromatic nitrogens is 2.